The summed E-state index contributed by atoms with van der Waals surface area (Å²) in [6, 6.07) is 5.80. The summed E-state index contributed by atoms with van der Waals surface area (Å²) in [6.45, 7) is 6.05. The molecular formula is C12H16BrNO. The minimum absolute atomic E-state index is 0.0752. The molecule has 0 unspecified atom stereocenters. The summed E-state index contributed by atoms with van der Waals surface area (Å²) in [7, 11) is 0. The van der Waals surface area contributed by atoms with E-state index in [0.29, 0.717) is 12.3 Å². The first-order valence-electron chi connectivity index (χ1n) is 5.05. The molecule has 2 nitrogen and oxygen atoms in total. The van der Waals surface area contributed by atoms with E-state index in [2.05, 4.69) is 21.2 Å². The van der Waals surface area contributed by atoms with Gasteiger partial charge in [-0.15, -0.1) is 0 Å². The highest BCUT2D eigenvalue weighted by atomic mass is 79.9. The number of carbonyl (C=O) groups is 1. The van der Waals surface area contributed by atoms with Gasteiger partial charge in [-0.1, -0.05) is 35.8 Å². The molecule has 0 saturated heterocycles. The zero-order chi connectivity index (χ0) is 11.4. The number of anilines is 1. The van der Waals surface area contributed by atoms with Crippen LogP contribution < -0.4 is 5.32 Å². The van der Waals surface area contributed by atoms with E-state index in [1.54, 1.807) is 0 Å². The van der Waals surface area contributed by atoms with Crippen molar-refractivity contribution in [3.63, 3.8) is 0 Å². The largest absolute Gasteiger partial charge is 0.326 e. The van der Waals surface area contributed by atoms with Crippen molar-refractivity contribution in [2.75, 3.05) is 5.32 Å². The van der Waals surface area contributed by atoms with Gasteiger partial charge in [0.1, 0.15) is 0 Å². The topological polar surface area (TPSA) is 29.1 Å². The van der Waals surface area contributed by atoms with Crippen molar-refractivity contribution in [1.29, 1.82) is 0 Å². The number of hydrogen-bond acceptors (Lipinski definition) is 1. The van der Waals surface area contributed by atoms with Gasteiger partial charge in [0.25, 0.3) is 0 Å². The Hall–Kier alpha value is -0.830. The highest BCUT2D eigenvalue weighted by Gasteiger charge is 2.07. The van der Waals surface area contributed by atoms with Gasteiger partial charge in [0.05, 0.1) is 0 Å². The lowest BCUT2D eigenvalue weighted by molar-refractivity contribution is -0.116. The fraction of sp³-hybridized carbons (Fsp3) is 0.417. The van der Waals surface area contributed by atoms with E-state index in [9.17, 15) is 4.79 Å². The molecule has 15 heavy (non-hydrogen) atoms. The van der Waals surface area contributed by atoms with Crippen LogP contribution in [0.15, 0.2) is 22.7 Å². The number of halogens is 1. The third-order valence-electron chi connectivity index (χ3n) is 2.14. The van der Waals surface area contributed by atoms with Crippen molar-refractivity contribution >= 4 is 27.5 Å². The van der Waals surface area contributed by atoms with E-state index < -0.39 is 0 Å². The Kier molecular flexibility index (Phi) is 4.33. The quantitative estimate of drug-likeness (QED) is 0.890. The zero-order valence-corrected chi connectivity index (χ0v) is 10.9. The minimum Gasteiger partial charge on any atom is -0.326 e. The lowest BCUT2D eigenvalue weighted by Gasteiger charge is -2.10. The van der Waals surface area contributed by atoms with Gasteiger partial charge in [0, 0.05) is 16.6 Å². The van der Waals surface area contributed by atoms with Crippen molar-refractivity contribution in [1.82, 2.24) is 0 Å². The molecule has 0 aromatic heterocycles. The third-order valence-corrected chi connectivity index (χ3v) is 2.99. The molecule has 0 bridgehead atoms. The summed E-state index contributed by atoms with van der Waals surface area (Å²) in [5.41, 5.74) is 1.95. The number of hydrogen-bond donors (Lipinski definition) is 1. The monoisotopic (exact) mass is 269 g/mol. The molecule has 0 aliphatic carbocycles. The number of carbonyl (C=O) groups excluding carboxylic acids is 1. The molecule has 3 heteroatoms. The maximum atomic E-state index is 11.6. The predicted molar refractivity (Wildman–Crippen MR) is 67.0 cm³/mol. The molecule has 1 amide bonds. The van der Waals surface area contributed by atoms with Crippen molar-refractivity contribution in [3.05, 3.63) is 28.2 Å². The van der Waals surface area contributed by atoms with Crippen LogP contribution in [0.2, 0.25) is 0 Å². The third kappa shape index (κ3) is 3.67. The van der Waals surface area contributed by atoms with E-state index in [-0.39, 0.29) is 5.91 Å². The molecule has 0 saturated carbocycles. The summed E-state index contributed by atoms with van der Waals surface area (Å²) < 4.78 is 1.02. The van der Waals surface area contributed by atoms with Crippen molar-refractivity contribution < 1.29 is 4.79 Å². The SMILES string of the molecule is Cc1c(Br)cccc1NC(=O)CC(C)C. The molecule has 0 radical (unpaired) electrons. The van der Waals surface area contributed by atoms with Crippen LogP contribution in [0.1, 0.15) is 25.8 Å². The number of rotatable bonds is 3. The number of amides is 1. The summed E-state index contributed by atoms with van der Waals surface area (Å²) >= 11 is 3.44. The molecule has 1 aromatic carbocycles. The van der Waals surface area contributed by atoms with E-state index in [4.69, 9.17) is 0 Å². The van der Waals surface area contributed by atoms with Crippen LogP contribution in [0.3, 0.4) is 0 Å². The van der Waals surface area contributed by atoms with Crippen LogP contribution in [0.25, 0.3) is 0 Å². The van der Waals surface area contributed by atoms with Crippen LogP contribution in [0.4, 0.5) is 5.69 Å². The fourth-order valence-electron chi connectivity index (χ4n) is 1.31. The molecule has 0 heterocycles. The van der Waals surface area contributed by atoms with Gasteiger partial charge in [-0.2, -0.15) is 0 Å². The molecule has 82 valence electrons. The first-order valence-corrected chi connectivity index (χ1v) is 5.85. The zero-order valence-electron chi connectivity index (χ0n) is 9.30. The number of benzene rings is 1. The van der Waals surface area contributed by atoms with E-state index in [1.165, 1.54) is 0 Å². The highest BCUT2D eigenvalue weighted by molar-refractivity contribution is 9.10. The van der Waals surface area contributed by atoms with E-state index in [0.717, 1.165) is 15.7 Å². The highest BCUT2D eigenvalue weighted by Crippen LogP contribution is 2.23. The lowest BCUT2D eigenvalue weighted by atomic mass is 10.1. The lowest BCUT2D eigenvalue weighted by Crippen LogP contribution is -2.14. The first-order chi connectivity index (χ1) is 7.00. The molecule has 0 spiro atoms. The maximum Gasteiger partial charge on any atom is 0.224 e. The second-order valence-corrected chi connectivity index (χ2v) is 4.91. The maximum absolute atomic E-state index is 11.6. The second-order valence-electron chi connectivity index (χ2n) is 4.06. The molecule has 0 atom stereocenters. The van der Waals surface area contributed by atoms with Gasteiger partial charge in [-0.25, -0.2) is 0 Å². The van der Waals surface area contributed by atoms with Crippen molar-refractivity contribution in [2.45, 2.75) is 27.2 Å². The fourth-order valence-corrected chi connectivity index (χ4v) is 1.68. The second kappa shape index (κ2) is 5.31. The summed E-state index contributed by atoms with van der Waals surface area (Å²) in [4.78, 5) is 11.6. The number of nitrogens with one attached hydrogen (secondary N) is 1. The summed E-state index contributed by atoms with van der Waals surface area (Å²) in [5, 5.41) is 2.91. The average molecular weight is 270 g/mol. The smallest absolute Gasteiger partial charge is 0.224 e. The van der Waals surface area contributed by atoms with Gasteiger partial charge >= 0.3 is 0 Å². The molecule has 0 aliphatic rings. The minimum atomic E-state index is 0.0752. The summed E-state index contributed by atoms with van der Waals surface area (Å²) in [5.74, 6) is 0.462. The molecule has 0 aliphatic heterocycles. The molecular weight excluding hydrogens is 254 g/mol. The van der Waals surface area contributed by atoms with Crippen molar-refractivity contribution in [3.8, 4) is 0 Å². The Morgan fingerprint density at radius 1 is 1.47 bits per heavy atom. The summed E-state index contributed by atoms with van der Waals surface area (Å²) in [6.07, 6.45) is 0.561. The Labute approximate surface area is 99.2 Å². The molecule has 0 fully saturated rings. The Balaban J connectivity index is 2.73. The first kappa shape index (κ1) is 12.2. The van der Waals surface area contributed by atoms with Gasteiger partial charge in [0.15, 0.2) is 0 Å². The van der Waals surface area contributed by atoms with Crippen LogP contribution in [-0.4, -0.2) is 5.91 Å². The van der Waals surface area contributed by atoms with Crippen LogP contribution in [0.5, 0.6) is 0 Å². The Morgan fingerprint density at radius 3 is 2.73 bits per heavy atom. The van der Waals surface area contributed by atoms with Crippen molar-refractivity contribution in [2.24, 2.45) is 5.92 Å². The Morgan fingerprint density at radius 2 is 2.13 bits per heavy atom. The Bertz CT molecular complexity index is 361. The van der Waals surface area contributed by atoms with Gasteiger partial charge in [-0.05, 0) is 30.5 Å². The normalized spacial score (nSPS) is 10.5. The standard InChI is InChI=1S/C12H16BrNO/c1-8(2)7-12(15)14-11-6-4-5-10(13)9(11)3/h4-6,8H,7H2,1-3H3,(H,14,15). The molecule has 1 aromatic rings. The van der Waals surface area contributed by atoms with Gasteiger partial charge < -0.3 is 5.32 Å². The van der Waals surface area contributed by atoms with Crippen LogP contribution in [0, 0.1) is 12.8 Å². The van der Waals surface area contributed by atoms with Gasteiger partial charge in [-0.3, -0.25) is 4.79 Å². The van der Waals surface area contributed by atoms with E-state index in [1.807, 2.05) is 39.0 Å². The van der Waals surface area contributed by atoms with Crippen LogP contribution in [-0.2, 0) is 4.79 Å². The van der Waals surface area contributed by atoms with Gasteiger partial charge in [0.2, 0.25) is 5.91 Å². The predicted octanol–water partition coefficient (Wildman–Crippen LogP) is 3.74. The molecule has 1 rings (SSSR count). The van der Waals surface area contributed by atoms with Crippen LogP contribution >= 0.6 is 15.9 Å². The average Bonchev–Trinajstić information content (AvgIpc) is 2.11. The molecule has 1 N–H and O–H groups in total. The van der Waals surface area contributed by atoms with E-state index >= 15 is 0 Å².